The zero-order valence-electron chi connectivity index (χ0n) is 8.64. The lowest BCUT2D eigenvalue weighted by Crippen LogP contribution is -2.09. The van der Waals surface area contributed by atoms with Crippen molar-refractivity contribution in [3.8, 4) is 11.9 Å². The largest absolute Gasteiger partial charge is 0.474 e. The van der Waals surface area contributed by atoms with Crippen LogP contribution in [0, 0.1) is 11.3 Å². The molecule has 0 aliphatic heterocycles. The molecule has 80 valence electrons. The summed E-state index contributed by atoms with van der Waals surface area (Å²) < 4.78 is 5.37. The molecule has 0 aliphatic carbocycles. The fourth-order valence-corrected chi connectivity index (χ4v) is 1.24. The summed E-state index contributed by atoms with van der Waals surface area (Å²) in [5, 5.41) is 8.81. The van der Waals surface area contributed by atoms with Crippen molar-refractivity contribution in [3.63, 3.8) is 0 Å². The third kappa shape index (κ3) is 3.37. The molecule has 0 saturated carbocycles. The third-order valence-corrected chi connectivity index (χ3v) is 1.96. The molecule has 0 aliphatic rings. The molecule has 1 aromatic rings. The fraction of sp³-hybridized carbons (Fsp3) is 0.500. The van der Waals surface area contributed by atoms with Gasteiger partial charge in [-0.1, -0.05) is 0 Å². The smallest absolute Gasteiger partial charge is 0.232 e. The van der Waals surface area contributed by atoms with E-state index in [-0.39, 0.29) is 12.0 Å². The van der Waals surface area contributed by atoms with Crippen molar-refractivity contribution in [2.45, 2.75) is 25.9 Å². The van der Waals surface area contributed by atoms with Crippen molar-refractivity contribution in [1.29, 1.82) is 5.26 Å². The monoisotopic (exact) mass is 225 g/mol. The van der Waals surface area contributed by atoms with Gasteiger partial charge in [0.1, 0.15) is 5.92 Å². The van der Waals surface area contributed by atoms with Crippen LogP contribution in [0.2, 0.25) is 0 Å². The Morgan fingerprint density at radius 3 is 2.80 bits per heavy atom. The van der Waals surface area contributed by atoms with Gasteiger partial charge in [-0.25, -0.2) is 4.98 Å². The molecule has 0 bridgehead atoms. The van der Waals surface area contributed by atoms with E-state index in [9.17, 15) is 0 Å². The van der Waals surface area contributed by atoms with Gasteiger partial charge in [-0.05, 0) is 13.8 Å². The van der Waals surface area contributed by atoms with Gasteiger partial charge in [0, 0.05) is 5.88 Å². The Balaban J connectivity index is 2.87. The Bertz CT molecular complexity index is 362. The predicted octanol–water partition coefficient (Wildman–Crippen LogP) is 2.11. The summed E-state index contributed by atoms with van der Waals surface area (Å²) in [6.07, 6.45) is 3.08. The van der Waals surface area contributed by atoms with Crippen LogP contribution in [-0.2, 0) is 0 Å². The molecule has 1 unspecified atom stereocenters. The molecule has 5 heteroatoms. The molecule has 4 nitrogen and oxygen atoms in total. The standard InChI is InChI=1S/C10H12ClN3O/c1-7(2)15-10-6-13-5-9(14-10)8(3-11)4-12/h5-8H,3H2,1-2H3. The van der Waals surface area contributed by atoms with Crippen LogP contribution in [0.4, 0.5) is 0 Å². The van der Waals surface area contributed by atoms with Gasteiger partial charge in [-0.2, -0.15) is 5.26 Å². The van der Waals surface area contributed by atoms with Gasteiger partial charge >= 0.3 is 0 Å². The number of hydrogen-bond donors (Lipinski definition) is 0. The molecule has 15 heavy (non-hydrogen) atoms. The zero-order valence-corrected chi connectivity index (χ0v) is 9.40. The van der Waals surface area contributed by atoms with Crippen LogP contribution in [0.25, 0.3) is 0 Å². The number of alkyl halides is 1. The number of hydrogen-bond acceptors (Lipinski definition) is 4. The lowest BCUT2D eigenvalue weighted by atomic mass is 10.1. The average molecular weight is 226 g/mol. The molecule has 1 aromatic heterocycles. The first kappa shape index (κ1) is 11.7. The number of nitrogens with zero attached hydrogens (tertiary/aromatic N) is 3. The molecule has 1 heterocycles. The van der Waals surface area contributed by atoms with E-state index in [2.05, 4.69) is 16.0 Å². The molecule has 1 atom stereocenters. The first-order valence-corrected chi connectivity index (χ1v) is 5.15. The Labute approximate surface area is 93.9 Å². The summed E-state index contributed by atoms with van der Waals surface area (Å²) in [5.74, 6) is 0.193. The van der Waals surface area contributed by atoms with Gasteiger partial charge in [-0.15, -0.1) is 11.6 Å². The Morgan fingerprint density at radius 1 is 1.53 bits per heavy atom. The number of nitriles is 1. The minimum Gasteiger partial charge on any atom is -0.474 e. The van der Waals surface area contributed by atoms with E-state index in [1.807, 2.05) is 13.8 Å². The van der Waals surface area contributed by atoms with Crippen molar-refractivity contribution in [2.24, 2.45) is 0 Å². The van der Waals surface area contributed by atoms with Crippen molar-refractivity contribution < 1.29 is 4.74 Å². The van der Waals surface area contributed by atoms with Gasteiger partial charge < -0.3 is 4.74 Å². The molecular weight excluding hydrogens is 214 g/mol. The van der Waals surface area contributed by atoms with Crippen molar-refractivity contribution in [1.82, 2.24) is 9.97 Å². The van der Waals surface area contributed by atoms with E-state index in [1.54, 1.807) is 0 Å². The van der Waals surface area contributed by atoms with Gasteiger partial charge in [-0.3, -0.25) is 4.98 Å². The van der Waals surface area contributed by atoms with Gasteiger partial charge in [0.25, 0.3) is 0 Å². The molecule has 0 amide bonds. The average Bonchev–Trinajstić information content (AvgIpc) is 2.19. The first-order valence-electron chi connectivity index (χ1n) is 4.61. The quantitative estimate of drug-likeness (QED) is 0.737. The lowest BCUT2D eigenvalue weighted by molar-refractivity contribution is 0.231. The number of halogens is 1. The Kier molecular flexibility index (Phi) is 4.32. The minimum atomic E-state index is -0.435. The lowest BCUT2D eigenvalue weighted by Gasteiger charge is -2.10. The van der Waals surface area contributed by atoms with Gasteiger partial charge in [0.05, 0.1) is 30.3 Å². The minimum absolute atomic E-state index is 0.0334. The molecular formula is C10H12ClN3O. The van der Waals surface area contributed by atoms with Crippen molar-refractivity contribution in [2.75, 3.05) is 5.88 Å². The van der Waals surface area contributed by atoms with Crippen LogP contribution in [0.15, 0.2) is 12.4 Å². The van der Waals surface area contributed by atoms with E-state index in [0.717, 1.165) is 0 Å². The maximum Gasteiger partial charge on any atom is 0.232 e. The highest BCUT2D eigenvalue weighted by Crippen LogP contribution is 2.16. The maximum absolute atomic E-state index is 8.81. The molecule has 0 radical (unpaired) electrons. The highest BCUT2D eigenvalue weighted by molar-refractivity contribution is 6.18. The maximum atomic E-state index is 8.81. The van der Waals surface area contributed by atoms with Crippen molar-refractivity contribution in [3.05, 3.63) is 18.1 Å². The highest BCUT2D eigenvalue weighted by atomic mass is 35.5. The van der Waals surface area contributed by atoms with E-state index >= 15 is 0 Å². The summed E-state index contributed by atoms with van der Waals surface area (Å²) in [4.78, 5) is 8.12. The Hall–Kier alpha value is -1.34. The predicted molar refractivity (Wildman–Crippen MR) is 56.9 cm³/mol. The molecule has 0 N–H and O–H groups in total. The van der Waals surface area contributed by atoms with Crippen LogP contribution in [0.5, 0.6) is 5.88 Å². The van der Waals surface area contributed by atoms with Crippen molar-refractivity contribution >= 4 is 11.6 Å². The number of rotatable bonds is 4. The molecule has 0 fully saturated rings. The van der Waals surface area contributed by atoms with Crippen LogP contribution < -0.4 is 4.74 Å². The highest BCUT2D eigenvalue weighted by Gasteiger charge is 2.12. The van der Waals surface area contributed by atoms with Crippen LogP contribution >= 0.6 is 11.6 Å². The third-order valence-electron chi connectivity index (χ3n) is 1.65. The first-order chi connectivity index (χ1) is 7.17. The van der Waals surface area contributed by atoms with Crippen LogP contribution in [0.1, 0.15) is 25.5 Å². The zero-order chi connectivity index (χ0) is 11.3. The summed E-state index contributed by atoms with van der Waals surface area (Å²) in [5.41, 5.74) is 0.547. The second-order valence-electron chi connectivity index (χ2n) is 3.28. The number of aromatic nitrogens is 2. The fourth-order valence-electron chi connectivity index (χ4n) is 1.01. The van der Waals surface area contributed by atoms with Crippen LogP contribution in [0.3, 0.4) is 0 Å². The summed E-state index contributed by atoms with van der Waals surface area (Å²) in [7, 11) is 0. The van der Waals surface area contributed by atoms with Gasteiger partial charge in [0.15, 0.2) is 0 Å². The molecule has 0 aromatic carbocycles. The molecule has 1 rings (SSSR count). The summed E-state index contributed by atoms with van der Waals surface area (Å²) in [6.45, 7) is 3.80. The molecule has 0 spiro atoms. The summed E-state index contributed by atoms with van der Waals surface area (Å²) in [6, 6.07) is 2.06. The van der Waals surface area contributed by atoms with Crippen LogP contribution in [-0.4, -0.2) is 22.0 Å². The van der Waals surface area contributed by atoms with E-state index in [1.165, 1.54) is 12.4 Å². The second kappa shape index (κ2) is 5.52. The van der Waals surface area contributed by atoms with E-state index < -0.39 is 5.92 Å². The van der Waals surface area contributed by atoms with E-state index in [0.29, 0.717) is 11.6 Å². The van der Waals surface area contributed by atoms with E-state index in [4.69, 9.17) is 21.6 Å². The molecule has 0 saturated heterocycles. The summed E-state index contributed by atoms with van der Waals surface area (Å²) >= 11 is 5.63. The SMILES string of the molecule is CC(C)Oc1cncc(C(C#N)CCl)n1. The normalized spacial score (nSPS) is 12.2. The topological polar surface area (TPSA) is 58.8 Å². The van der Waals surface area contributed by atoms with Gasteiger partial charge in [0.2, 0.25) is 5.88 Å². The number of ether oxygens (including phenoxy) is 1. The second-order valence-corrected chi connectivity index (χ2v) is 3.59. The Morgan fingerprint density at radius 2 is 2.27 bits per heavy atom.